The molecule has 0 aromatic heterocycles. The number of fused-ring (bicyclic) bond motifs is 4. The number of ether oxygens (including phenoxy) is 1. The maximum absolute atomic E-state index is 13.0. The largest absolute Gasteiger partial charge is 0.481 e. The number of rotatable bonds is 4. The first kappa shape index (κ1) is 26.0. The first-order valence-electron chi connectivity index (χ1n) is 13.8. The summed E-state index contributed by atoms with van der Waals surface area (Å²) in [5.74, 6) is -1.08. The number of carboxylic acids is 1. The maximum atomic E-state index is 13.0. The SMILES string of the molecule is C=C(C)[C@@H]1CC[C@]2(C(=O)O)CC[C@]3(C)[C@H](C[C@H]4OC(=O)C[C@@H](O)[C@]5(C)[C@@H]4[C@@]3(C)CC[C@H]5C(=C)CO)[C@@H]12. The van der Waals surface area contributed by atoms with Crippen molar-refractivity contribution in [2.45, 2.75) is 91.3 Å². The van der Waals surface area contributed by atoms with Gasteiger partial charge in [0, 0.05) is 11.3 Å². The van der Waals surface area contributed by atoms with Crippen LogP contribution in [0.25, 0.3) is 0 Å². The van der Waals surface area contributed by atoms with Crippen LogP contribution in [-0.2, 0) is 14.3 Å². The van der Waals surface area contributed by atoms with Crippen LogP contribution in [0, 0.1) is 51.2 Å². The molecule has 0 bridgehead atoms. The van der Waals surface area contributed by atoms with Crippen LogP contribution in [0.4, 0.5) is 0 Å². The highest BCUT2D eigenvalue weighted by atomic mass is 16.5. The zero-order valence-electron chi connectivity index (χ0n) is 22.4. The van der Waals surface area contributed by atoms with E-state index in [-0.39, 0.29) is 59.4 Å². The molecule has 0 amide bonds. The molecule has 1 saturated heterocycles. The molecule has 5 aliphatic rings. The molecule has 6 nitrogen and oxygen atoms in total. The molecule has 4 saturated carbocycles. The standard InChI is InChI=1S/C30H44O6/c1-16(2)18-7-10-30(26(34)35)12-11-27(4)20(24(18)30)13-21-25-28(27,5)9-8-19(17(3)15-31)29(25,6)22(32)14-23(33)36-21/h18-22,24-25,31-32H,1,3,7-15H2,2,4-6H3,(H,34,35)/t18-,19-,20+,21+,22+,24+,25-,27+,28+,29+,30-/m0/s1. The molecule has 5 fully saturated rings. The van der Waals surface area contributed by atoms with E-state index in [2.05, 4.69) is 33.9 Å². The highest BCUT2D eigenvalue weighted by molar-refractivity contribution is 5.76. The fourth-order valence-electron chi connectivity index (χ4n) is 10.7. The number of carbonyl (C=O) groups is 2. The van der Waals surface area contributed by atoms with Gasteiger partial charge in [0.1, 0.15) is 6.10 Å². The van der Waals surface area contributed by atoms with E-state index in [1.807, 2.05) is 6.92 Å². The molecule has 6 heteroatoms. The topological polar surface area (TPSA) is 104 Å². The molecular weight excluding hydrogens is 456 g/mol. The van der Waals surface area contributed by atoms with Gasteiger partial charge in [0.25, 0.3) is 0 Å². The van der Waals surface area contributed by atoms with Gasteiger partial charge in [0.15, 0.2) is 0 Å². The second-order valence-corrected chi connectivity index (χ2v) is 13.7. The first-order valence-corrected chi connectivity index (χ1v) is 13.8. The van der Waals surface area contributed by atoms with Gasteiger partial charge in [0.2, 0.25) is 0 Å². The van der Waals surface area contributed by atoms with Gasteiger partial charge in [-0.15, -0.1) is 0 Å². The summed E-state index contributed by atoms with van der Waals surface area (Å²) in [7, 11) is 0. The molecule has 5 rings (SSSR count). The quantitative estimate of drug-likeness (QED) is 0.380. The monoisotopic (exact) mass is 500 g/mol. The van der Waals surface area contributed by atoms with Crippen molar-refractivity contribution < 1.29 is 29.6 Å². The van der Waals surface area contributed by atoms with Gasteiger partial charge in [-0.05, 0) is 91.9 Å². The summed E-state index contributed by atoms with van der Waals surface area (Å²) in [6, 6.07) is 0. The number of hydrogen-bond donors (Lipinski definition) is 3. The average Bonchev–Trinajstić information content (AvgIpc) is 3.17. The molecule has 0 unspecified atom stereocenters. The molecule has 1 aliphatic heterocycles. The Labute approximate surface area is 215 Å². The lowest BCUT2D eigenvalue weighted by Gasteiger charge is -2.71. The van der Waals surface area contributed by atoms with E-state index < -0.39 is 29.0 Å². The van der Waals surface area contributed by atoms with Crippen LogP contribution < -0.4 is 0 Å². The predicted molar refractivity (Wildman–Crippen MR) is 136 cm³/mol. The lowest BCUT2D eigenvalue weighted by atomic mass is 9.33. The van der Waals surface area contributed by atoms with Gasteiger partial charge in [0.05, 0.1) is 24.5 Å². The molecule has 1 heterocycles. The van der Waals surface area contributed by atoms with Crippen LogP contribution in [0.15, 0.2) is 24.3 Å². The smallest absolute Gasteiger partial charge is 0.309 e. The minimum atomic E-state index is -0.885. The van der Waals surface area contributed by atoms with Crippen LogP contribution in [-0.4, -0.2) is 46.1 Å². The summed E-state index contributed by atoms with van der Waals surface area (Å²) in [6.07, 6.45) is 3.92. The van der Waals surface area contributed by atoms with Crippen molar-refractivity contribution in [3.63, 3.8) is 0 Å². The fourth-order valence-corrected chi connectivity index (χ4v) is 10.7. The molecular formula is C30H44O6. The number of hydrogen-bond acceptors (Lipinski definition) is 5. The van der Waals surface area contributed by atoms with E-state index in [4.69, 9.17) is 4.74 Å². The minimum absolute atomic E-state index is 0.0349. The normalized spacial score (nSPS) is 51.7. The lowest BCUT2D eigenvalue weighted by Crippen LogP contribution is -2.69. The van der Waals surface area contributed by atoms with E-state index in [0.29, 0.717) is 24.8 Å². The average molecular weight is 501 g/mol. The number of carbonyl (C=O) groups excluding carboxylic acids is 1. The van der Waals surface area contributed by atoms with Crippen molar-refractivity contribution >= 4 is 11.9 Å². The van der Waals surface area contributed by atoms with Gasteiger partial charge in [-0.2, -0.15) is 0 Å². The second-order valence-electron chi connectivity index (χ2n) is 13.7. The third-order valence-electron chi connectivity index (χ3n) is 12.7. The summed E-state index contributed by atoms with van der Waals surface area (Å²) in [6.45, 7) is 17.1. The van der Waals surface area contributed by atoms with Gasteiger partial charge < -0.3 is 20.1 Å². The molecule has 0 radical (unpaired) electrons. The summed E-state index contributed by atoms with van der Waals surface area (Å²) in [5, 5.41) is 32.1. The Bertz CT molecular complexity index is 1000. The van der Waals surface area contributed by atoms with Gasteiger partial charge >= 0.3 is 11.9 Å². The molecule has 200 valence electrons. The van der Waals surface area contributed by atoms with Crippen molar-refractivity contribution in [3.8, 4) is 0 Å². The Morgan fingerprint density at radius 1 is 1.08 bits per heavy atom. The van der Waals surface area contributed by atoms with Crippen molar-refractivity contribution in [2.75, 3.05) is 6.61 Å². The van der Waals surface area contributed by atoms with Crippen molar-refractivity contribution in [1.82, 2.24) is 0 Å². The van der Waals surface area contributed by atoms with E-state index in [9.17, 15) is 24.9 Å². The number of allylic oxidation sites excluding steroid dienone is 1. The highest BCUT2D eigenvalue weighted by Gasteiger charge is 2.74. The molecule has 36 heavy (non-hydrogen) atoms. The predicted octanol–water partition coefficient (Wildman–Crippen LogP) is 4.74. The van der Waals surface area contributed by atoms with Gasteiger partial charge in [-0.3, -0.25) is 9.59 Å². The van der Waals surface area contributed by atoms with Crippen LogP contribution >= 0.6 is 0 Å². The molecule has 11 atom stereocenters. The summed E-state index contributed by atoms with van der Waals surface area (Å²) >= 11 is 0. The Morgan fingerprint density at radius 3 is 2.39 bits per heavy atom. The number of aliphatic hydroxyl groups excluding tert-OH is 2. The lowest BCUT2D eigenvalue weighted by molar-refractivity contribution is -0.260. The van der Waals surface area contributed by atoms with E-state index in [1.165, 1.54) is 0 Å². The molecule has 0 spiro atoms. The zero-order valence-corrected chi connectivity index (χ0v) is 22.4. The first-order chi connectivity index (χ1) is 16.8. The minimum Gasteiger partial charge on any atom is -0.481 e. The molecule has 3 N–H and O–H groups in total. The maximum Gasteiger partial charge on any atom is 0.309 e. The van der Waals surface area contributed by atoms with Crippen LogP contribution in [0.1, 0.15) is 79.1 Å². The van der Waals surface area contributed by atoms with E-state index >= 15 is 0 Å². The van der Waals surface area contributed by atoms with Crippen molar-refractivity contribution in [3.05, 3.63) is 24.3 Å². The van der Waals surface area contributed by atoms with Crippen molar-refractivity contribution in [2.24, 2.45) is 51.2 Å². The van der Waals surface area contributed by atoms with Gasteiger partial charge in [-0.25, -0.2) is 0 Å². The Hall–Kier alpha value is -1.66. The van der Waals surface area contributed by atoms with Crippen molar-refractivity contribution in [1.29, 1.82) is 0 Å². The summed E-state index contributed by atoms with van der Waals surface area (Å²) in [5.41, 5.74) is -0.0790. The molecule has 0 aromatic carbocycles. The third kappa shape index (κ3) is 3.03. The molecule has 0 aromatic rings. The Kier molecular flexibility index (Phi) is 5.89. The van der Waals surface area contributed by atoms with E-state index in [1.54, 1.807) is 0 Å². The number of aliphatic hydroxyl groups is 2. The van der Waals surface area contributed by atoms with E-state index in [0.717, 1.165) is 31.3 Å². The third-order valence-corrected chi connectivity index (χ3v) is 12.7. The Morgan fingerprint density at radius 2 is 1.78 bits per heavy atom. The van der Waals surface area contributed by atoms with Crippen LogP contribution in [0.3, 0.4) is 0 Å². The fraction of sp³-hybridized carbons (Fsp3) is 0.800. The highest BCUT2D eigenvalue weighted by Crippen LogP contribution is 2.76. The number of esters is 1. The number of aliphatic carboxylic acids is 1. The molecule has 4 aliphatic carbocycles. The summed E-state index contributed by atoms with van der Waals surface area (Å²) < 4.78 is 6.18. The van der Waals surface area contributed by atoms with Gasteiger partial charge in [-0.1, -0.05) is 39.5 Å². The number of carboxylic acid groups (broad SMARTS) is 1. The zero-order chi connectivity index (χ0) is 26.4. The Balaban J connectivity index is 1.69. The van der Waals surface area contributed by atoms with Crippen LogP contribution in [0.5, 0.6) is 0 Å². The van der Waals surface area contributed by atoms with Crippen LogP contribution in [0.2, 0.25) is 0 Å². The second kappa shape index (κ2) is 8.17. The summed E-state index contributed by atoms with van der Waals surface area (Å²) in [4.78, 5) is 25.8.